The smallest absolute Gasteiger partial charge is 0.124 e. The monoisotopic (exact) mass is 290 g/mol. The summed E-state index contributed by atoms with van der Waals surface area (Å²) in [5.41, 5.74) is 6.86. The van der Waals surface area contributed by atoms with Crippen molar-refractivity contribution >= 4 is 0 Å². The van der Waals surface area contributed by atoms with Gasteiger partial charge in [-0.15, -0.1) is 0 Å². The van der Waals surface area contributed by atoms with Gasteiger partial charge in [-0.25, -0.2) is 0 Å². The van der Waals surface area contributed by atoms with Gasteiger partial charge in [0.25, 0.3) is 0 Å². The second-order valence-corrected chi connectivity index (χ2v) is 5.94. The zero-order valence-electron chi connectivity index (χ0n) is 12.7. The summed E-state index contributed by atoms with van der Waals surface area (Å²) in [6, 6.07) is 8.98. The molecule has 2 aliphatic rings. The first-order valence-corrected chi connectivity index (χ1v) is 8.16. The lowest BCUT2D eigenvalue weighted by atomic mass is 9.96. The Morgan fingerprint density at radius 2 is 2.00 bits per heavy atom. The number of benzene rings is 1. The van der Waals surface area contributed by atoms with E-state index >= 15 is 0 Å². The van der Waals surface area contributed by atoms with E-state index in [-0.39, 0.29) is 0 Å². The van der Waals surface area contributed by atoms with Crippen LogP contribution in [0.1, 0.15) is 37.3 Å². The summed E-state index contributed by atoms with van der Waals surface area (Å²) in [5, 5.41) is 0. The Kier molecular flexibility index (Phi) is 5.12. The Labute approximate surface area is 127 Å². The summed E-state index contributed by atoms with van der Waals surface area (Å²) in [6.45, 7) is 4.59. The largest absolute Gasteiger partial charge is 0.493 e. The first-order chi connectivity index (χ1) is 10.4. The molecule has 0 aliphatic carbocycles. The van der Waals surface area contributed by atoms with E-state index in [1.54, 1.807) is 0 Å². The summed E-state index contributed by atoms with van der Waals surface area (Å²) in [5.74, 6) is 1.06. The lowest BCUT2D eigenvalue weighted by Crippen LogP contribution is -2.41. The number of fused-ring (bicyclic) bond motifs is 1. The third kappa shape index (κ3) is 3.57. The normalized spacial score (nSPS) is 23.6. The van der Waals surface area contributed by atoms with Crippen LogP contribution in [-0.2, 0) is 4.74 Å². The molecular weight excluding hydrogens is 264 g/mol. The number of ether oxygens (including phenoxy) is 2. The Hall–Kier alpha value is -1.10. The van der Waals surface area contributed by atoms with Crippen LogP contribution in [0.25, 0.3) is 0 Å². The fraction of sp³-hybridized carbons (Fsp3) is 0.647. The van der Waals surface area contributed by atoms with Gasteiger partial charge in [-0.1, -0.05) is 18.2 Å². The predicted octanol–water partition coefficient (Wildman–Crippen LogP) is 2.34. The molecule has 4 heteroatoms. The fourth-order valence-electron chi connectivity index (χ4n) is 3.39. The van der Waals surface area contributed by atoms with Crippen molar-refractivity contribution in [1.82, 2.24) is 4.90 Å². The molecule has 116 valence electrons. The van der Waals surface area contributed by atoms with Gasteiger partial charge in [0.05, 0.1) is 12.7 Å². The highest BCUT2D eigenvalue weighted by molar-refractivity contribution is 5.37. The molecule has 0 aromatic heterocycles. The van der Waals surface area contributed by atoms with Crippen LogP contribution in [-0.4, -0.2) is 43.9 Å². The SMILES string of the molecule is NCCCOC1CCN(C2CCOc3ccccc32)CC1. The van der Waals surface area contributed by atoms with Crippen molar-refractivity contribution in [1.29, 1.82) is 0 Å². The molecule has 1 atom stereocenters. The molecule has 0 saturated carbocycles. The minimum Gasteiger partial charge on any atom is -0.493 e. The van der Waals surface area contributed by atoms with E-state index in [1.165, 1.54) is 5.56 Å². The number of likely N-dealkylation sites (tertiary alicyclic amines) is 1. The Balaban J connectivity index is 1.55. The van der Waals surface area contributed by atoms with E-state index in [1.807, 2.05) is 0 Å². The highest BCUT2D eigenvalue weighted by atomic mass is 16.5. The number of rotatable bonds is 5. The number of nitrogens with zero attached hydrogens (tertiary/aromatic N) is 1. The van der Waals surface area contributed by atoms with Gasteiger partial charge in [0.1, 0.15) is 5.75 Å². The average Bonchev–Trinajstić information content (AvgIpc) is 2.55. The topological polar surface area (TPSA) is 47.7 Å². The molecule has 0 amide bonds. The van der Waals surface area contributed by atoms with Crippen LogP contribution in [0, 0.1) is 0 Å². The van der Waals surface area contributed by atoms with Crippen molar-refractivity contribution in [3.8, 4) is 5.75 Å². The summed E-state index contributed by atoms with van der Waals surface area (Å²) in [6.07, 6.45) is 4.74. The standard InChI is InChI=1S/C17H26N2O2/c18-9-3-12-20-14-6-10-19(11-7-14)16-8-13-21-17-5-2-1-4-15(16)17/h1-2,4-5,14,16H,3,6-13,18H2. The molecular formula is C17H26N2O2. The summed E-state index contributed by atoms with van der Waals surface area (Å²) >= 11 is 0. The van der Waals surface area contributed by atoms with E-state index in [0.29, 0.717) is 12.1 Å². The molecule has 2 aliphatic heterocycles. The van der Waals surface area contributed by atoms with Gasteiger partial charge >= 0.3 is 0 Å². The molecule has 2 N–H and O–H groups in total. The van der Waals surface area contributed by atoms with Crippen LogP contribution in [0.15, 0.2) is 24.3 Å². The maximum absolute atomic E-state index is 5.90. The van der Waals surface area contributed by atoms with Gasteiger partial charge in [0, 0.05) is 37.7 Å². The Bertz CT molecular complexity index is 444. The molecule has 0 radical (unpaired) electrons. The van der Waals surface area contributed by atoms with Gasteiger partial charge in [-0.3, -0.25) is 4.90 Å². The first-order valence-electron chi connectivity index (χ1n) is 8.16. The number of hydrogen-bond acceptors (Lipinski definition) is 4. The minimum atomic E-state index is 0.419. The van der Waals surface area contributed by atoms with Gasteiger partial charge in [-0.05, 0) is 31.9 Å². The maximum atomic E-state index is 5.90. The molecule has 0 spiro atoms. The third-order valence-electron chi connectivity index (χ3n) is 4.55. The van der Waals surface area contributed by atoms with Crippen LogP contribution in [0.3, 0.4) is 0 Å². The molecule has 1 fully saturated rings. The van der Waals surface area contributed by atoms with Crippen molar-refractivity contribution in [2.75, 3.05) is 32.8 Å². The summed E-state index contributed by atoms with van der Waals surface area (Å²) < 4.78 is 11.7. The number of piperidine rings is 1. The molecule has 1 aromatic carbocycles. The minimum absolute atomic E-state index is 0.419. The zero-order valence-corrected chi connectivity index (χ0v) is 12.7. The number of para-hydroxylation sites is 1. The van der Waals surface area contributed by atoms with Crippen LogP contribution < -0.4 is 10.5 Å². The van der Waals surface area contributed by atoms with E-state index in [0.717, 1.165) is 64.3 Å². The van der Waals surface area contributed by atoms with Gasteiger partial charge < -0.3 is 15.2 Å². The van der Waals surface area contributed by atoms with Crippen LogP contribution in [0.5, 0.6) is 5.75 Å². The fourth-order valence-corrected chi connectivity index (χ4v) is 3.39. The van der Waals surface area contributed by atoms with Crippen LogP contribution in [0.4, 0.5) is 0 Å². The maximum Gasteiger partial charge on any atom is 0.124 e. The molecule has 3 rings (SSSR count). The molecule has 1 saturated heterocycles. The molecule has 21 heavy (non-hydrogen) atoms. The predicted molar refractivity (Wildman–Crippen MR) is 83.5 cm³/mol. The van der Waals surface area contributed by atoms with E-state index in [2.05, 4.69) is 29.2 Å². The first kappa shape index (κ1) is 14.8. The van der Waals surface area contributed by atoms with E-state index in [4.69, 9.17) is 15.2 Å². The lowest BCUT2D eigenvalue weighted by molar-refractivity contribution is -0.00677. The molecule has 4 nitrogen and oxygen atoms in total. The second-order valence-electron chi connectivity index (χ2n) is 5.94. The number of nitrogens with two attached hydrogens (primary N) is 1. The highest BCUT2D eigenvalue weighted by Gasteiger charge is 2.30. The summed E-state index contributed by atoms with van der Waals surface area (Å²) in [4.78, 5) is 2.60. The second kappa shape index (κ2) is 7.25. The highest BCUT2D eigenvalue weighted by Crippen LogP contribution is 2.37. The molecule has 0 bridgehead atoms. The number of hydrogen-bond donors (Lipinski definition) is 1. The third-order valence-corrected chi connectivity index (χ3v) is 4.55. The quantitative estimate of drug-likeness (QED) is 0.846. The molecule has 1 aromatic rings. The lowest BCUT2D eigenvalue weighted by Gasteiger charge is -2.39. The van der Waals surface area contributed by atoms with Crippen LogP contribution in [0.2, 0.25) is 0 Å². The molecule has 2 heterocycles. The van der Waals surface area contributed by atoms with E-state index < -0.39 is 0 Å². The summed E-state index contributed by atoms with van der Waals surface area (Å²) in [7, 11) is 0. The van der Waals surface area contributed by atoms with Gasteiger partial charge in [-0.2, -0.15) is 0 Å². The van der Waals surface area contributed by atoms with Crippen LogP contribution >= 0.6 is 0 Å². The Morgan fingerprint density at radius 3 is 2.81 bits per heavy atom. The Morgan fingerprint density at radius 1 is 1.19 bits per heavy atom. The zero-order chi connectivity index (χ0) is 14.5. The van der Waals surface area contributed by atoms with Crippen molar-refractivity contribution in [2.24, 2.45) is 5.73 Å². The average molecular weight is 290 g/mol. The van der Waals surface area contributed by atoms with Crippen molar-refractivity contribution in [3.05, 3.63) is 29.8 Å². The van der Waals surface area contributed by atoms with Gasteiger partial charge in [0.15, 0.2) is 0 Å². The van der Waals surface area contributed by atoms with Crippen molar-refractivity contribution in [3.63, 3.8) is 0 Å². The molecule has 1 unspecified atom stereocenters. The van der Waals surface area contributed by atoms with Crippen molar-refractivity contribution in [2.45, 2.75) is 37.8 Å². The van der Waals surface area contributed by atoms with Gasteiger partial charge in [0.2, 0.25) is 0 Å². The van der Waals surface area contributed by atoms with E-state index in [9.17, 15) is 0 Å². The van der Waals surface area contributed by atoms with Crippen molar-refractivity contribution < 1.29 is 9.47 Å².